The molecule has 1 rings (SSSR count). The van der Waals surface area contributed by atoms with E-state index in [1.54, 1.807) is 25.5 Å². The summed E-state index contributed by atoms with van der Waals surface area (Å²) in [5.74, 6) is 0.515. The van der Waals surface area contributed by atoms with E-state index in [9.17, 15) is 4.79 Å². The Kier molecular flexibility index (Phi) is 4.99. The summed E-state index contributed by atoms with van der Waals surface area (Å²) in [6.07, 6.45) is 5.34. The fourth-order valence-electron chi connectivity index (χ4n) is 0.832. The minimum absolute atomic E-state index is 0.163. The minimum Gasteiger partial charge on any atom is -0.466 e. The molecule has 5 heteroatoms. The molecule has 0 saturated carbocycles. The van der Waals surface area contributed by atoms with Gasteiger partial charge in [-0.1, -0.05) is 0 Å². The molecule has 1 aromatic heterocycles. The van der Waals surface area contributed by atoms with Crippen molar-refractivity contribution >= 4 is 17.7 Å². The van der Waals surface area contributed by atoms with Gasteiger partial charge >= 0.3 is 5.97 Å². The number of hydrogen-bond donors (Lipinski definition) is 0. The second kappa shape index (κ2) is 6.37. The van der Waals surface area contributed by atoms with Crippen LogP contribution in [0.2, 0.25) is 0 Å². The van der Waals surface area contributed by atoms with Crippen molar-refractivity contribution in [1.82, 2.24) is 9.97 Å². The van der Waals surface area contributed by atoms with Crippen LogP contribution in [0.5, 0.6) is 0 Å². The third kappa shape index (κ3) is 4.23. The summed E-state index contributed by atoms with van der Waals surface area (Å²) >= 11 is 1.50. The number of hydrogen-bond acceptors (Lipinski definition) is 5. The number of aromatic nitrogens is 2. The van der Waals surface area contributed by atoms with E-state index in [0.29, 0.717) is 18.8 Å². The Balaban J connectivity index is 2.19. The molecule has 0 aliphatic rings. The summed E-state index contributed by atoms with van der Waals surface area (Å²) in [5.41, 5.74) is 0. The van der Waals surface area contributed by atoms with Gasteiger partial charge in [0.05, 0.1) is 19.2 Å². The second-order valence-electron chi connectivity index (χ2n) is 2.45. The lowest BCUT2D eigenvalue weighted by Gasteiger charge is -2.00. The van der Waals surface area contributed by atoms with Crippen molar-refractivity contribution in [3.63, 3.8) is 0 Å². The minimum atomic E-state index is -0.163. The van der Waals surface area contributed by atoms with Crippen LogP contribution in [0.3, 0.4) is 0 Å². The van der Waals surface area contributed by atoms with Crippen LogP contribution in [0.1, 0.15) is 13.3 Å². The van der Waals surface area contributed by atoms with E-state index in [-0.39, 0.29) is 5.97 Å². The molecule has 0 atom stereocenters. The van der Waals surface area contributed by atoms with Gasteiger partial charge in [-0.05, 0) is 6.92 Å². The molecule has 0 N–H and O–H groups in total. The van der Waals surface area contributed by atoms with Gasteiger partial charge in [-0.25, -0.2) is 4.98 Å². The summed E-state index contributed by atoms with van der Waals surface area (Å²) in [4.78, 5) is 19.0. The number of nitrogens with zero attached hydrogens (tertiary/aromatic N) is 2. The summed E-state index contributed by atoms with van der Waals surface area (Å²) < 4.78 is 4.79. The summed E-state index contributed by atoms with van der Waals surface area (Å²) in [6, 6.07) is 0. The number of rotatable bonds is 5. The first-order valence-corrected chi connectivity index (χ1v) is 5.36. The number of thioether (sulfide) groups is 1. The summed E-state index contributed by atoms with van der Waals surface area (Å²) in [6.45, 7) is 2.24. The van der Waals surface area contributed by atoms with E-state index >= 15 is 0 Å². The average molecular weight is 212 g/mol. The highest BCUT2D eigenvalue weighted by Crippen LogP contribution is 2.13. The van der Waals surface area contributed by atoms with Crippen LogP contribution in [0.4, 0.5) is 0 Å². The second-order valence-corrected chi connectivity index (χ2v) is 3.56. The zero-order valence-corrected chi connectivity index (χ0v) is 8.79. The van der Waals surface area contributed by atoms with Crippen LogP contribution >= 0.6 is 11.8 Å². The van der Waals surface area contributed by atoms with Gasteiger partial charge in [-0.2, -0.15) is 0 Å². The lowest BCUT2D eigenvalue weighted by Crippen LogP contribution is -2.04. The molecule has 14 heavy (non-hydrogen) atoms. The Morgan fingerprint density at radius 1 is 1.57 bits per heavy atom. The topological polar surface area (TPSA) is 52.1 Å². The molecule has 0 aliphatic carbocycles. The molecular weight excluding hydrogens is 200 g/mol. The predicted molar refractivity (Wildman–Crippen MR) is 54.0 cm³/mol. The van der Waals surface area contributed by atoms with E-state index < -0.39 is 0 Å². The van der Waals surface area contributed by atoms with Crippen molar-refractivity contribution in [2.75, 3.05) is 12.4 Å². The number of carbonyl (C=O) groups excluding carboxylic acids is 1. The van der Waals surface area contributed by atoms with Gasteiger partial charge in [0.25, 0.3) is 0 Å². The summed E-state index contributed by atoms with van der Waals surface area (Å²) in [7, 11) is 0. The first-order valence-electron chi connectivity index (χ1n) is 4.37. The van der Waals surface area contributed by atoms with Gasteiger partial charge in [0.15, 0.2) is 0 Å². The monoisotopic (exact) mass is 212 g/mol. The summed E-state index contributed by atoms with van der Waals surface area (Å²) in [5, 5.41) is 0.830. The van der Waals surface area contributed by atoms with Crippen LogP contribution in [-0.4, -0.2) is 28.3 Å². The molecule has 76 valence electrons. The van der Waals surface area contributed by atoms with Crippen LogP contribution < -0.4 is 0 Å². The Morgan fingerprint density at radius 2 is 2.43 bits per heavy atom. The van der Waals surface area contributed by atoms with E-state index in [0.717, 1.165) is 5.03 Å². The van der Waals surface area contributed by atoms with E-state index in [1.165, 1.54) is 11.8 Å². The van der Waals surface area contributed by atoms with Gasteiger partial charge in [-0.3, -0.25) is 9.78 Å². The molecule has 1 heterocycles. The van der Waals surface area contributed by atoms with Gasteiger partial charge in [-0.15, -0.1) is 11.8 Å². The van der Waals surface area contributed by atoms with E-state index in [1.807, 2.05) is 0 Å². The highest BCUT2D eigenvalue weighted by molar-refractivity contribution is 7.99. The van der Waals surface area contributed by atoms with Crippen molar-refractivity contribution < 1.29 is 9.53 Å². The lowest BCUT2D eigenvalue weighted by molar-refractivity contribution is -0.142. The van der Waals surface area contributed by atoms with Crippen LogP contribution in [0, 0.1) is 0 Å². The molecule has 0 spiro atoms. The van der Waals surface area contributed by atoms with Gasteiger partial charge < -0.3 is 4.74 Å². The van der Waals surface area contributed by atoms with E-state index in [2.05, 4.69) is 9.97 Å². The van der Waals surface area contributed by atoms with Crippen molar-refractivity contribution in [3.8, 4) is 0 Å². The largest absolute Gasteiger partial charge is 0.466 e. The smallest absolute Gasteiger partial charge is 0.306 e. The Hall–Kier alpha value is -1.10. The maximum atomic E-state index is 11.0. The molecular formula is C9H12N2O2S. The molecule has 0 aliphatic heterocycles. The number of carbonyl (C=O) groups is 1. The molecule has 1 aromatic rings. The normalized spacial score (nSPS) is 9.79. The van der Waals surface area contributed by atoms with Crippen molar-refractivity contribution in [2.24, 2.45) is 0 Å². The molecule has 0 radical (unpaired) electrons. The Labute approximate surface area is 87.1 Å². The zero-order chi connectivity index (χ0) is 10.2. The third-order valence-corrected chi connectivity index (χ3v) is 2.32. The molecule has 0 amide bonds. The first-order chi connectivity index (χ1) is 6.83. The Morgan fingerprint density at radius 3 is 3.07 bits per heavy atom. The maximum Gasteiger partial charge on any atom is 0.306 e. The quantitative estimate of drug-likeness (QED) is 0.547. The Bertz CT molecular complexity index is 279. The van der Waals surface area contributed by atoms with Gasteiger partial charge in [0, 0.05) is 18.1 Å². The predicted octanol–water partition coefficient (Wildman–Crippen LogP) is 1.52. The molecule has 0 bridgehead atoms. The van der Waals surface area contributed by atoms with Crippen LogP contribution in [0.25, 0.3) is 0 Å². The van der Waals surface area contributed by atoms with Gasteiger partial charge in [0.1, 0.15) is 5.03 Å². The molecule has 4 nitrogen and oxygen atoms in total. The average Bonchev–Trinajstić information content (AvgIpc) is 2.20. The SMILES string of the molecule is CCOC(=O)CCSc1cnccn1. The van der Waals surface area contributed by atoms with Gasteiger partial charge in [0.2, 0.25) is 0 Å². The molecule has 0 aromatic carbocycles. The third-order valence-electron chi connectivity index (χ3n) is 1.40. The highest BCUT2D eigenvalue weighted by Gasteiger charge is 2.02. The zero-order valence-electron chi connectivity index (χ0n) is 7.97. The first kappa shape index (κ1) is 11.0. The fraction of sp³-hybridized carbons (Fsp3) is 0.444. The van der Waals surface area contributed by atoms with E-state index in [4.69, 9.17) is 4.74 Å². The molecule has 0 saturated heterocycles. The standard InChI is InChI=1S/C9H12N2O2S/c1-2-13-9(12)3-6-14-8-7-10-4-5-11-8/h4-5,7H,2-3,6H2,1H3. The fourth-order valence-corrected chi connectivity index (χ4v) is 1.58. The van der Waals surface area contributed by atoms with Crippen molar-refractivity contribution in [2.45, 2.75) is 18.4 Å². The number of ether oxygens (including phenoxy) is 1. The van der Waals surface area contributed by atoms with Crippen LogP contribution in [-0.2, 0) is 9.53 Å². The molecule has 0 fully saturated rings. The van der Waals surface area contributed by atoms with Crippen molar-refractivity contribution in [3.05, 3.63) is 18.6 Å². The number of esters is 1. The highest BCUT2D eigenvalue weighted by atomic mass is 32.2. The van der Waals surface area contributed by atoms with Crippen molar-refractivity contribution in [1.29, 1.82) is 0 Å². The maximum absolute atomic E-state index is 11.0. The van der Waals surface area contributed by atoms with Crippen LogP contribution in [0.15, 0.2) is 23.6 Å². The lowest BCUT2D eigenvalue weighted by atomic mass is 10.5. The molecule has 0 unspecified atom stereocenters.